The molecule has 0 bridgehead atoms. The second-order valence-electron chi connectivity index (χ2n) is 3.27. The van der Waals surface area contributed by atoms with E-state index < -0.39 is 14.9 Å². The van der Waals surface area contributed by atoms with E-state index in [2.05, 4.69) is 0 Å². The van der Waals surface area contributed by atoms with E-state index in [0.29, 0.717) is 5.56 Å². The van der Waals surface area contributed by atoms with E-state index in [4.69, 9.17) is 10.7 Å². The molecule has 0 fully saturated rings. The topological polar surface area (TPSA) is 34.1 Å². The average Bonchev–Trinajstić information content (AvgIpc) is 2.01. The molecule has 0 amide bonds. The van der Waals surface area contributed by atoms with Crippen LogP contribution in [0, 0.1) is 5.82 Å². The molecule has 1 aromatic rings. The Balaban J connectivity index is 3.46. The first kappa shape index (κ1) is 11.5. The van der Waals surface area contributed by atoms with Gasteiger partial charge in [-0.15, -0.1) is 0 Å². The lowest BCUT2D eigenvalue weighted by Crippen LogP contribution is -2.00. The largest absolute Gasteiger partial charge is 0.261 e. The molecule has 78 valence electrons. The Hall–Kier alpha value is -0.610. The third-order valence-corrected chi connectivity index (χ3v) is 3.24. The van der Waals surface area contributed by atoms with Crippen LogP contribution in [-0.4, -0.2) is 8.42 Å². The molecular weight excluding hydrogens is 227 g/mol. The second-order valence-corrected chi connectivity index (χ2v) is 5.81. The summed E-state index contributed by atoms with van der Waals surface area (Å²) in [5.74, 6) is -0.618. The van der Waals surface area contributed by atoms with Crippen molar-refractivity contribution >= 4 is 19.7 Å². The zero-order valence-corrected chi connectivity index (χ0v) is 9.36. The first-order valence-corrected chi connectivity index (χ1v) is 6.37. The number of benzene rings is 1. The van der Waals surface area contributed by atoms with Gasteiger partial charge in [-0.1, -0.05) is 19.9 Å². The van der Waals surface area contributed by atoms with Gasteiger partial charge in [0.05, 0.1) is 4.90 Å². The van der Waals surface area contributed by atoms with Crippen LogP contribution in [0.15, 0.2) is 23.1 Å². The summed E-state index contributed by atoms with van der Waals surface area (Å²) in [7, 11) is 1.32. The fourth-order valence-electron chi connectivity index (χ4n) is 1.20. The van der Waals surface area contributed by atoms with Crippen LogP contribution >= 0.6 is 10.7 Å². The summed E-state index contributed by atoms with van der Waals surface area (Å²) in [5, 5.41) is 0. The molecule has 2 nitrogen and oxygen atoms in total. The number of halogens is 2. The van der Waals surface area contributed by atoms with Gasteiger partial charge in [0.2, 0.25) is 0 Å². The second kappa shape index (κ2) is 3.87. The van der Waals surface area contributed by atoms with Crippen molar-refractivity contribution in [3.8, 4) is 0 Å². The fourth-order valence-corrected chi connectivity index (χ4v) is 2.44. The summed E-state index contributed by atoms with van der Waals surface area (Å²) < 4.78 is 35.0. The molecule has 0 aliphatic heterocycles. The Kier molecular flexibility index (Phi) is 3.17. The lowest BCUT2D eigenvalue weighted by atomic mass is 10.0. The molecule has 0 unspecified atom stereocenters. The van der Waals surface area contributed by atoms with Crippen LogP contribution < -0.4 is 0 Å². The molecule has 0 aromatic heterocycles. The van der Waals surface area contributed by atoms with E-state index in [9.17, 15) is 12.8 Å². The van der Waals surface area contributed by atoms with Gasteiger partial charge in [-0.3, -0.25) is 0 Å². The molecule has 0 aliphatic carbocycles. The van der Waals surface area contributed by atoms with Crippen LogP contribution in [0.5, 0.6) is 0 Å². The van der Waals surface area contributed by atoms with Crippen molar-refractivity contribution in [1.29, 1.82) is 0 Å². The highest BCUT2D eigenvalue weighted by molar-refractivity contribution is 8.13. The molecule has 0 spiro atoms. The predicted molar refractivity (Wildman–Crippen MR) is 53.5 cm³/mol. The quantitative estimate of drug-likeness (QED) is 0.740. The standard InChI is InChI=1S/C9H10ClFO2S/c1-6(2)8-4-3-7(11)5-9(8)14(10,12)13/h3-6H,1-2H3. The molecule has 0 saturated carbocycles. The van der Waals surface area contributed by atoms with Crippen molar-refractivity contribution in [3.05, 3.63) is 29.6 Å². The summed E-state index contributed by atoms with van der Waals surface area (Å²) in [6.07, 6.45) is 0. The molecule has 0 aliphatic rings. The predicted octanol–water partition coefficient (Wildman–Crippen LogP) is 2.88. The lowest BCUT2D eigenvalue weighted by molar-refractivity contribution is 0.598. The number of hydrogen-bond donors (Lipinski definition) is 0. The van der Waals surface area contributed by atoms with E-state index in [0.717, 1.165) is 6.07 Å². The molecule has 1 aromatic carbocycles. The highest BCUT2D eigenvalue weighted by Gasteiger charge is 2.18. The van der Waals surface area contributed by atoms with Gasteiger partial charge in [0.1, 0.15) is 5.82 Å². The number of hydrogen-bond acceptors (Lipinski definition) is 2. The summed E-state index contributed by atoms with van der Waals surface area (Å²) >= 11 is 0. The van der Waals surface area contributed by atoms with Crippen LogP contribution in [0.25, 0.3) is 0 Å². The minimum atomic E-state index is -3.87. The van der Waals surface area contributed by atoms with Gasteiger partial charge >= 0.3 is 0 Å². The first-order valence-electron chi connectivity index (χ1n) is 4.06. The van der Waals surface area contributed by atoms with E-state index in [-0.39, 0.29) is 10.8 Å². The van der Waals surface area contributed by atoms with Crippen molar-refractivity contribution in [1.82, 2.24) is 0 Å². The Labute approximate surface area is 87.1 Å². The molecule has 0 radical (unpaired) electrons. The normalized spacial score (nSPS) is 12.1. The third-order valence-electron chi connectivity index (χ3n) is 1.86. The smallest absolute Gasteiger partial charge is 0.207 e. The fraction of sp³-hybridized carbons (Fsp3) is 0.333. The van der Waals surface area contributed by atoms with Gasteiger partial charge in [-0.25, -0.2) is 12.8 Å². The summed E-state index contributed by atoms with van der Waals surface area (Å²) in [4.78, 5) is -0.144. The summed E-state index contributed by atoms with van der Waals surface area (Å²) in [6.45, 7) is 3.64. The maximum atomic E-state index is 12.8. The Morgan fingerprint density at radius 2 is 1.93 bits per heavy atom. The SMILES string of the molecule is CC(C)c1ccc(F)cc1S(=O)(=O)Cl. The third kappa shape index (κ3) is 2.45. The van der Waals surface area contributed by atoms with Crippen molar-refractivity contribution in [2.45, 2.75) is 24.7 Å². The zero-order valence-electron chi connectivity index (χ0n) is 7.79. The Morgan fingerprint density at radius 3 is 2.36 bits per heavy atom. The summed E-state index contributed by atoms with van der Waals surface area (Å²) in [6, 6.07) is 3.60. The van der Waals surface area contributed by atoms with Gasteiger partial charge in [0, 0.05) is 10.7 Å². The first-order chi connectivity index (χ1) is 6.32. The molecule has 5 heteroatoms. The molecule has 0 saturated heterocycles. The lowest BCUT2D eigenvalue weighted by Gasteiger charge is -2.09. The van der Waals surface area contributed by atoms with Gasteiger partial charge in [0.25, 0.3) is 9.05 Å². The highest BCUT2D eigenvalue weighted by atomic mass is 35.7. The van der Waals surface area contributed by atoms with E-state index in [1.807, 2.05) is 13.8 Å². The molecule has 1 rings (SSSR count). The summed E-state index contributed by atoms with van der Waals surface area (Å²) in [5.41, 5.74) is 0.529. The Bertz CT molecular complexity index is 440. The molecular formula is C9H10ClFO2S. The maximum Gasteiger partial charge on any atom is 0.261 e. The molecule has 0 N–H and O–H groups in total. The van der Waals surface area contributed by atoms with Crippen molar-refractivity contribution in [2.24, 2.45) is 0 Å². The number of rotatable bonds is 2. The van der Waals surface area contributed by atoms with Crippen molar-refractivity contribution < 1.29 is 12.8 Å². The average molecular weight is 237 g/mol. The molecule has 14 heavy (non-hydrogen) atoms. The van der Waals surface area contributed by atoms with Crippen LogP contribution in [0.3, 0.4) is 0 Å². The minimum Gasteiger partial charge on any atom is -0.207 e. The van der Waals surface area contributed by atoms with Crippen LogP contribution in [0.4, 0.5) is 4.39 Å². The highest BCUT2D eigenvalue weighted by Crippen LogP contribution is 2.26. The van der Waals surface area contributed by atoms with Crippen molar-refractivity contribution in [3.63, 3.8) is 0 Å². The zero-order chi connectivity index (χ0) is 10.9. The van der Waals surface area contributed by atoms with Gasteiger partial charge in [-0.05, 0) is 23.6 Å². The Morgan fingerprint density at radius 1 is 1.36 bits per heavy atom. The van der Waals surface area contributed by atoms with Crippen LogP contribution in [0.1, 0.15) is 25.3 Å². The maximum absolute atomic E-state index is 12.8. The minimum absolute atomic E-state index is 0.0147. The molecule has 0 atom stereocenters. The van der Waals surface area contributed by atoms with Crippen LogP contribution in [0.2, 0.25) is 0 Å². The van der Waals surface area contributed by atoms with E-state index >= 15 is 0 Å². The van der Waals surface area contributed by atoms with Gasteiger partial charge in [-0.2, -0.15) is 0 Å². The van der Waals surface area contributed by atoms with E-state index in [1.165, 1.54) is 12.1 Å². The van der Waals surface area contributed by atoms with Gasteiger partial charge in [0.15, 0.2) is 0 Å². The monoisotopic (exact) mass is 236 g/mol. The van der Waals surface area contributed by atoms with E-state index in [1.54, 1.807) is 0 Å². The van der Waals surface area contributed by atoms with Crippen LogP contribution in [-0.2, 0) is 9.05 Å². The molecule has 0 heterocycles. The van der Waals surface area contributed by atoms with Crippen molar-refractivity contribution in [2.75, 3.05) is 0 Å². The van der Waals surface area contributed by atoms with Gasteiger partial charge < -0.3 is 0 Å².